The number of aliphatic hydroxyl groups excluding tert-OH is 1. The Morgan fingerprint density at radius 1 is 1.27 bits per heavy atom. The molecule has 3 atom stereocenters. The van der Waals surface area contributed by atoms with Crippen LogP contribution in [0.1, 0.15) is 47.5 Å². The summed E-state index contributed by atoms with van der Waals surface area (Å²) in [6, 6.07) is 0.369. The van der Waals surface area contributed by atoms with E-state index in [1.807, 2.05) is 20.8 Å². The third-order valence-corrected chi connectivity index (χ3v) is 3.08. The van der Waals surface area contributed by atoms with Crippen molar-refractivity contribution in [2.75, 3.05) is 6.54 Å². The molecular formula is C12H27NO2. The fraction of sp³-hybridized carbons (Fsp3) is 1.00. The van der Waals surface area contributed by atoms with Crippen molar-refractivity contribution in [3.63, 3.8) is 0 Å². The molecule has 0 aromatic rings. The number of rotatable bonds is 7. The lowest BCUT2D eigenvalue weighted by Gasteiger charge is -2.32. The highest BCUT2D eigenvalue weighted by atomic mass is 16.3. The second-order valence-corrected chi connectivity index (χ2v) is 5.09. The standard InChI is InChI=1S/C12H27NO2/c1-6-10(4)12(5,15)7-11(14)8-13-9(2)3/h9-11,13-15H,6-8H2,1-5H3/t10-,11+,12-/m0/s1. The van der Waals surface area contributed by atoms with Gasteiger partial charge in [-0.05, 0) is 12.8 Å². The fourth-order valence-corrected chi connectivity index (χ4v) is 1.56. The van der Waals surface area contributed by atoms with Gasteiger partial charge in [-0.2, -0.15) is 0 Å². The zero-order valence-corrected chi connectivity index (χ0v) is 10.7. The van der Waals surface area contributed by atoms with Crippen LogP contribution in [0.5, 0.6) is 0 Å². The van der Waals surface area contributed by atoms with Gasteiger partial charge in [0.1, 0.15) is 0 Å². The highest BCUT2D eigenvalue weighted by Gasteiger charge is 2.29. The zero-order valence-electron chi connectivity index (χ0n) is 10.7. The minimum absolute atomic E-state index is 0.214. The number of hydrogen-bond donors (Lipinski definition) is 3. The molecule has 0 saturated carbocycles. The van der Waals surface area contributed by atoms with Crippen molar-refractivity contribution in [3.8, 4) is 0 Å². The molecule has 0 heterocycles. The van der Waals surface area contributed by atoms with E-state index in [0.29, 0.717) is 19.0 Å². The Morgan fingerprint density at radius 2 is 1.80 bits per heavy atom. The first-order chi connectivity index (χ1) is 6.79. The van der Waals surface area contributed by atoms with Gasteiger partial charge in [-0.25, -0.2) is 0 Å². The largest absolute Gasteiger partial charge is 0.392 e. The number of nitrogens with one attached hydrogen (secondary N) is 1. The summed E-state index contributed by atoms with van der Waals surface area (Å²) < 4.78 is 0. The molecule has 3 N–H and O–H groups in total. The van der Waals surface area contributed by atoms with Crippen molar-refractivity contribution in [1.29, 1.82) is 0 Å². The van der Waals surface area contributed by atoms with Gasteiger partial charge >= 0.3 is 0 Å². The van der Waals surface area contributed by atoms with Gasteiger partial charge in [0.05, 0.1) is 11.7 Å². The summed E-state index contributed by atoms with van der Waals surface area (Å²) in [5, 5.41) is 23.1. The van der Waals surface area contributed by atoms with E-state index in [1.165, 1.54) is 0 Å². The Labute approximate surface area is 93.9 Å². The average molecular weight is 217 g/mol. The van der Waals surface area contributed by atoms with E-state index in [-0.39, 0.29) is 5.92 Å². The molecule has 0 aliphatic carbocycles. The molecule has 0 aliphatic rings. The van der Waals surface area contributed by atoms with E-state index >= 15 is 0 Å². The second-order valence-electron chi connectivity index (χ2n) is 5.09. The molecule has 0 unspecified atom stereocenters. The molecule has 0 radical (unpaired) electrons. The Morgan fingerprint density at radius 3 is 2.20 bits per heavy atom. The minimum atomic E-state index is -0.771. The van der Waals surface area contributed by atoms with Crippen LogP contribution in [0.2, 0.25) is 0 Å². The first-order valence-electron chi connectivity index (χ1n) is 5.93. The first kappa shape index (κ1) is 14.9. The van der Waals surface area contributed by atoms with Gasteiger partial charge in [0.25, 0.3) is 0 Å². The molecule has 92 valence electrons. The molecular weight excluding hydrogens is 190 g/mol. The summed E-state index contributed by atoms with van der Waals surface area (Å²) >= 11 is 0. The van der Waals surface area contributed by atoms with Crippen LogP contribution in [-0.4, -0.2) is 34.5 Å². The molecule has 0 spiro atoms. The monoisotopic (exact) mass is 217 g/mol. The van der Waals surface area contributed by atoms with Crippen molar-refractivity contribution < 1.29 is 10.2 Å². The van der Waals surface area contributed by atoms with E-state index in [2.05, 4.69) is 12.2 Å². The molecule has 0 aromatic heterocycles. The maximum Gasteiger partial charge on any atom is 0.0692 e. The normalized spacial score (nSPS) is 20.0. The molecule has 3 heteroatoms. The summed E-state index contributed by atoms with van der Waals surface area (Å²) in [7, 11) is 0. The molecule has 0 bridgehead atoms. The van der Waals surface area contributed by atoms with Gasteiger partial charge in [0, 0.05) is 19.0 Å². The lowest BCUT2D eigenvalue weighted by molar-refractivity contribution is -0.0371. The van der Waals surface area contributed by atoms with Crippen molar-refractivity contribution in [1.82, 2.24) is 5.32 Å². The zero-order chi connectivity index (χ0) is 12.1. The van der Waals surface area contributed by atoms with Crippen molar-refractivity contribution in [2.24, 2.45) is 5.92 Å². The highest BCUT2D eigenvalue weighted by molar-refractivity contribution is 4.82. The van der Waals surface area contributed by atoms with Gasteiger partial charge in [-0.1, -0.05) is 34.1 Å². The third-order valence-electron chi connectivity index (χ3n) is 3.08. The van der Waals surface area contributed by atoms with E-state index in [4.69, 9.17) is 0 Å². The van der Waals surface area contributed by atoms with Crippen LogP contribution in [-0.2, 0) is 0 Å². The SMILES string of the molecule is CC[C@H](C)[C@@](C)(O)C[C@@H](O)CNC(C)C. The van der Waals surface area contributed by atoms with Crippen LogP contribution in [0.15, 0.2) is 0 Å². The summed E-state index contributed by atoms with van der Waals surface area (Å²) in [6.07, 6.45) is 0.885. The quantitative estimate of drug-likeness (QED) is 0.606. The lowest BCUT2D eigenvalue weighted by Crippen LogP contribution is -2.41. The van der Waals surface area contributed by atoms with Crippen LogP contribution in [0.25, 0.3) is 0 Å². The van der Waals surface area contributed by atoms with Gasteiger partial charge in [-0.3, -0.25) is 0 Å². The Hall–Kier alpha value is -0.120. The fourth-order valence-electron chi connectivity index (χ4n) is 1.56. The Bertz CT molecular complexity index is 169. The average Bonchev–Trinajstić information content (AvgIpc) is 2.12. The van der Waals surface area contributed by atoms with E-state index in [9.17, 15) is 10.2 Å². The summed E-state index contributed by atoms with van der Waals surface area (Å²) in [5.41, 5.74) is -0.771. The number of aliphatic hydroxyl groups is 2. The molecule has 0 amide bonds. The second kappa shape index (κ2) is 6.46. The summed E-state index contributed by atoms with van der Waals surface area (Å²) in [4.78, 5) is 0. The van der Waals surface area contributed by atoms with Crippen LogP contribution in [0, 0.1) is 5.92 Å². The topological polar surface area (TPSA) is 52.5 Å². The minimum Gasteiger partial charge on any atom is -0.392 e. The lowest BCUT2D eigenvalue weighted by atomic mass is 9.84. The van der Waals surface area contributed by atoms with Crippen molar-refractivity contribution in [3.05, 3.63) is 0 Å². The highest BCUT2D eigenvalue weighted by Crippen LogP contribution is 2.24. The molecule has 0 rings (SSSR count). The van der Waals surface area contributed by atoms with Crippen LogP contribution in [0.4, 0.5) is 0 Å². The summed E-state index contributed by atoms with van der Waals surface area (Å²) in [5.74, 6) is 0.214. The van der Waals surface area contributed by atoms with E-state index in [1.54, 1.807) is 6.92 Å². The van der Waals surface area contributed by atoms with Gasteiger partial charge in [-0.15, -0.1) is 0 Å². The Balaban J connectivity index is 3.98. The number of hydrogen-bond acceptors (Lipinski definition) is 3. The van der Waals surface area contributed by atoms with Crippen molar-refractivity contribution >= 4 is 0 Å². The predicted molar refractivity (Wildman–Crippen MR) is 63.8 cm³/mol. The van der Waals surface area contributed by atoms with Crippen LogP contribution < -0.4 is 5.32 Å². The molecule has 0 fully saturated rings. The predicted octanol–water partition coefficient (Wildman–Crippen LogP) is 1.53. The molecule has 0 aliphatic heterocycles. The molecule has 15 heavy (non-hydrogen) atoms. The third kappa shape index (κ3) is 6.13. The maximum atomic E-state index is 10.1. The van der Waals surface area contributed by atoms with E-state index < -0.39 is 11.7 Å². The summed E-state index contributed by atoms with van der Waals surface area (Å²) in [6.45, 7) is 10.5. The van der Waals surface area contributed by atoms with Crippen molar-refractivity contribution in [2.45, 2.75) is 65.2 Å². The van der Waals surface area contributed by atoms with Gasteiger partial charge in [0.15, 0.2) is 0 Å². The van der Waals surface area contributed by atoms with Crippen LogP contribution >= 0.6 is 0 Å². The maximum absolute atomic E-state index is 10.1. The molecule has 3 nitrogen and oxygen atoms in total. The van der Waals surface area contributed by atoms with Crippen LogP contribution in [0.3, 0.4) is 0 Å². The molecule has 0 saturated heterocycles. The van der Waals surface area contributed by atoms with Gasteiger partial charge < -0.3 is 15.5 Å². The smallest absolute Gasteiger partial charge is 0.0692 e. The van der Waals surface area contributed by atoms with E-state index in [0.717, 1.165) is 6.42 Å². The first-order valence-corrected chi connectivity index (χ1v) is 5.93. The Kier molecular flexibility index (Phi) is 6.41. The molecule has 0 aromatic carbocycles. The van der Waals surface area contributed by atoms with Gasteiger partial charge in [0.2, 0.25) is 0 Å².